The number of carbonyl (C=O) groups is 1. The summed E-state index contributed by atoms with van der Waals surface area (Å²) in [6.45, 7) is 5.26. The first-order chi connectivity index (χ1) is 21.9. The van der Waals surface area contributed by atoms with Gasteiger partial charge < -0.3 is 20.0 Å². The first-order valence-corrected chi connectivity index (χ1v) is 21.5. The van der Waals surface area contributed by atoms with Crippen LogP contribution in [-0.4, -0.2) is 100 Å². The summed E-state index contributed by atoms with van der Waals surface area (Å²) in [5.41, 5.74) is 0. The van der Waals surface area contributed by atoms with Crippen LogP contribution in [0.5, 0.6) is 0 Å². The van der Waals surface area contributed by atoms with E-state index in [1.54, 1.807) is 0 Å². The van der Waals surface area contributed by atoms with Crippen molar-refractivity contribution < 1.29 is 35.8 Å². The zero-order chi connectivity index (χ0) is 34.8. The summed E-state index contributed by atoms with van der Waals surface area (Å²) in [6, 6.07) is 0. The quantitative estimate of drug-likeness (QED) is 0.0242. The molecule has 0 unspecified atom stereocenters. The molecule has 1 amide bonds. The minimum Gasteiger partial charge on any atom is -0.862 e. The van der Waals surface area contributed by atoms with Crippen LogP contribution < -0.4 is 10.4 Å². The largest absolute Gasteiger partial charge is 2.00 e. The fourth-order valence-electron chi connectivity index (χ4n) is 4.94. The van der Waals surface area contributed by atoms with Crippen LogP contribution in [0.1, 0.15) is 181 Å². The Morgan fingerprint density at radius 2 is 1.00 bits per heavy atom. The Hall–Kier alpha value is 0.0197. The Kier molecular flexibility index (Phi) is 40.8. The molecule has 0 radical (unpaired) electrons. The van der Waals surface area contributed by atoms with Crippen molar-refractivity contribution in [2.75, 3.05) is 24.6 Å². The maximum Gasteiger partial charge on any atom is 2.00 e. The third-order valence-electron chi connectivity index (χ3n) is 7.74. The zero-order valence-electron chi connectivity index (χ0n) is 30.0. The molecule has 0 spiro atoms. The van der Waals surface area contributed by atoms with Crippen LogP contribution in [0.25, 0.3) is 0 Å². The second kappa shape index (κ2) is 37.3. The molecule has 0 aromatic heterocycles. The molecule has 13 heteroatoms. The molecule has 47 heavy (non-hydrogen) atoms. The Morgan fingerprint density at radius 3 is 1.43 bits per heavy atom. The van der Waals surface area contributed by atoms with Crippen LogP contribution in [0.3, 0.4) is 0 Å². The van der Waals surface area contributed by atoms with Crippen molar-refractivity contribution >= 4 is 69.8 Å². The normalized spacial score (nSPS) is 11.9. The summed E-state index contributed by atoms with van der Waals surface area (Å²) < 4.78 is 60.8. The van der Waals surface area contributed by atoms with E-state index in [2.05, 4.69) is 24.2 Å². The molecule has 0 aromatic carbocycles. The Balaban J connectivity index is -0.000000807. The number of amides is 1. The molecule has 0 atom stereocenters. The Bertz CT molecular complexity index is 932. The van der Waals surface area contributed by atoms with Gasteiger partial charge in [0.05, 0.1) is 15.9 Å². The summed E-state index contributed by atoms with van der Waals surface area (Å²) in [4.78, 5) is 15.4. The topological polar surface area (TPSA) is 176 Å². The Morgan fingerprint density at radius 1 is 0.596 bits per heavy atom. The van der Waals surface area contributed by atoms with Crippen LogP contribution in [-0.2, 0) is 25.0 Å². The number of rotatable bonds is 32. The van der Waals surface area contributed by atoms with Crippen LogP contribution in [0, 0.1) is 0 Å². The van der Waals surface area contributed by atoms with Gasteiger partial charge in [-0.25, -0.2) is 8.42 Å². The van der Waals surface area contributed by atoms with Gasteiger partial charge in [-0.1, -0.05) is 129 Å². The summed E-state index contributed by atoms with van der Waals surface area (Å²) >= 11 is 0. The summed E-state index contributed by atoms with van der Waals surface area (Å²) in [7, 11) is -8.00. The minimum atomic E-state index is -4.13. The van der Waals surface area contributed by atoms with Crippen molar-refractivity contribution in [3.05, 3.63) is 0 Å². The molecule has 10 nitrogen and oxygen atoms in total. The summed E-state index contributed by atoms with van der Waals surface area (Å²) in [5, 5.41) is 14.3. The second-order valence-corrected chi connectivity index (χ2v) is 15.5. The predicted octanol–water partition coefficient (Wildman–Crippen LogP) is 7.08. The van der Waals surface area contributed by atoms with E-state index in [-0.39, 0.29) is 67.5 Å². The van der Waals surface area contributed by atoms with E-state index in [0.717, 1.165) is 25.7 Å². The smallest absolute Gasteiger partial charge is 0.862 e. The van der Waals surface area contributed by atoms with Gasteiger partial charge >= 0.3 is 37.7 Å². The van der Waals surface area contributed by atoms with Gasteiger partial charge in [0.25, 0.3) is 10.1 Å². The summed E-state index contributed by atoms with van der Waals surface area (Å²) in [5.74, 6) is -0.665. The molecular weight excluding hydrogens is 669 g/mol. The van der Waals surface area contributed by atoms with Gasteiger partial charge in [0.2, 0.25) is 5.91 Å². The van der Waals surface area contributed by atoms with E-state index in [4.69, 9.17) is 4.55 Å². The second-order valence-electron chi connectivity index (χ2n) is 12.5. The number of hydrogen-bond donors (Lipinski definition) is 2. The van der Waals surface area contributed by atoms with Crippen molar-refractivity contribution in [1.29, 1.82) is 0 Å². The van der Waals surface area contributed by atoms with Crippen molar-refractivity contribution in [2.45, 2.75) is 181 Å². The average Bonchev–Trinajstić information content (AvgIpc) is 2.98. The van der Waals surface area contributed by atoms with Crippen LogP contribution in [0.15, 0.2) is 4.99 Å². The van der Waals surface area contributed by atoms with Crippen LogP contribution in [0.2, 0.25) is 0 Å². The van der Waals surface area contributed by atoms with Gasteiger partial charge in [0, 0.05) is 25.3 Å². The maximum atomic E-state index is 11.6. The Labute approximate surface area is 319 Å². The number of aliphatic imine (C=N–C) groups is 1. The third-order valence-corrected chi connectivity index (χ3v) is 9.34. The van der Waals surface area contributed by atoms with E-state index >= 15 is 0 Å². The van der Waals surface area contributed by atoms with E-state index < -0.39 is 20.2 Å². The van der Waals surface area contributed by atoms with Crippen LogP contribution >= 0.6 is 0 Å². The number of unbranched alkanes of at least 4 members (excludes halogenated alkanes) is 20. The van der Waals surface area contributed by atoms with Gasteiger partial charge in [0.15, 0.2) is 0 Å². The molecular formula is C34H68CaN2O8S2. The third kappa shape index (κ3) is 50.5. The molecule has 0 saturated carbocycles. The average molecular weight is 737 g/mol. The fourth-order valence-corrected chi connectivity index (χ4v) is 6.06. The molecule has 0 aliphatic carbocycles. The van der Waals surface area contributed by atoms with E-state index in [0.29, 0.717) is 45.2 Å². The minimum absolute atomic E-state index is 0. The first-order valence-electron chi connectivity index (χ1n) is 18.3. The van der Waals surface area contributed by atoms with E-state index in [9.17, 15) is 31.3 Å². The number of carbonyl (C=O) groups excluding carboxylic acids is 1. The molecule has 0 bridgehead atoms. The zero-order valence-corrected chi connectivity index (χ0v) is 33.8. The molecule has 0 rings (SSSR count). The molecule has 0 heterocycles. The molecule has 276 valence electrons. The monoisotopic (exact) mass is 736 g/mol. The van der Waals surface area contributed by atoms with Crippen molar-refractivity contribution in [1.82, 2.24) is 5.32 Å². The van der Waals surface area contributed by atoms with Gasteiger partial charge in [-0.2, -0.15) is 8.42 Å². The molecule has 0 fully saturated rings. The summed E-state index contributed by atoms with van der Waals surface area (Å²) in [6.07, 6.45) is 27.6. The van der Waals surface area contributed by atoms with Gasteiger partial charge in [-0.15, -0.1) is 0 Å². The standard InChI is InChI=1S/2C17H35NO4S.Ca/c2*1-2-3-4-5-6-7-8-9-10-11-14-17(19)18-15-12-13-16-23(20,21)22;/h2*2-16H2,1H3,(H,18,19)(H,20,21,22);/q;;+2/p-2. The SMILES string of the molecule is CCCCCCCCCCCCC(=O)NCCCCS(=O)(=O)O.CCCCCCCCCCCCC([O-])=NCCCCS(=O)(=O)[O-].[Ca+2]. The molecule has 0 aromatic rings. The maximum absolute atomic E-state index is 11.6. The molecule has 0 aliphatic rings. The number of nitrogens with zero attached hydrogens (tertiary/aromatic N) is 1. The van der Waals surface area contributed by atoms with Crippen molar-refractivity contribution in [3.8, 4) is 0 Å². The van der Waals surface area contributed by atoms with Crippen molar-refractivity contribution in [2.24, 2.45) is 4.99 Å². The van der Waals surface area contributed by atoms with Gasteiger partial charge in [0.1, 0.15) is 0 Å². The van der Waals surface area contributed by atoms with E-state index in [1.807, 2.05) is 0 Å². The van der Waals surface area contributed by atoms with Crippen LogP contribution in [0.4, 0.5) is 0 Å². The molecule has 0 aliphatic heterocycles. The van der Waals surface area contributed by atoms with Crippen molar-refractivity contribution in [3.63, 3.8) is 0 Å². The number of hydrogen-bond acceptors (Lipinski definition) is 8. The van der Waals surface area contributed by atoms with E-state index in [1.165, 1.54) is 103 Å². The van der Waals surface area contributed by atoms with Gasteiger partial charge in [-0.3, -0.25) is 9.35 Å². The van der Waals surface area contributed by atoms with Gasteiger partial charge in [-0.05, 0) is 50.8 Å². The predicted molar refractivity (Wildman–Crippen MR) is 193 cm³/mol. The number of nitrogens with one attached hydrogen (secondary N) is 1. The molecule has 0 saturated heterocycles. The fraction of sp³-hybridized carbons (Fsp3) is 0.941. The first kappa shape index (κ1) is 51.4. The molecule has 2 N–H and O–H groups in total.